The lowest BCUT2D eigenvalue weighted by Crippen LogP contribution is -2.35. The van der Waals surface area contributed by atoms with Crippen molar-refractivity contribution in [3.05, 3.63) is 52.5 Å². The number of ether oxygens (including phenoxy) is 1. The first-order valence-electron chi connectivity index (χ1n) is 7.84. The van der Waals surface area contributed by atoms with Gasteiger partial charge in [-0.15, -0.1) is 0 Å². The van der Waals surface area contributed by atoms with Crippen molar-refractivity contribution in [1.29, 1.82) is 0 Å². The molecular formula is C18H18ClNO4S. The van der Waals surface area contributed by atoms with Gasteiger partial charge in [-0.25, -0.2) is 8.42 Å². The third-order valence-electron chi connectivity index (χ3n) is 4.26. The van der Waals surface area contributed by atoms with Crippen LogP contribution in [0.4, 0.5) is 5.69 Å². The van der Waals surface area contributed by atoms with Gasteiger partial charge in [-0.1, -0.05) is 23.7 Å². The molecule has 1 aliphatic heterocycles. The number of fused-ring (bicyclic) bond motifs is 1. The summed E-state index contributed by atoms with van der Waals surface area (Å²) >= 11 is 6.00. The van der Waals surface area contributed by atoms with Crippen LogP contribution < -0.4 is 9.04 Å². The Balaban J connectivity index is 2.16. The van der Waals surface area contributed by atoms with E-state index in [4.69, 9.17) is 16.3 Å². The summed E-state index contributed by atoms with van der Waals surface area (Å²) < 4.78 is 33.1. The predicted molar refractivity (Wildman–Crippen MR) is 97.3 cm³/mol. The second kappa shape index (κ2) is 6.69. The average molecular weight is 380 g/mol. The summed E-state index contributed by atoms with van der Waals surface area (Å²) in [5, 5.41) is 0.314. The highest BCUT2D eigenvalue weighted by atomic mass is 35.5. The Labute approximate surface area is 152 Å². The van der Waals surface area contributed by atoms with Gasteiger partial charge in [0.15, 0.2) is 5.78 Å². The molecule has 5 nitrogen and oxygen atoms in total. The molecule has 0 radical (unpaired) electrons. The van der Waals surface area contributed by atoms with Gasteiger partial charge in [-0.05, 0) is 49.6 Å². The van der Waals surface area contributed by atoms with Crippen LogP contribution in [0.15, 0.2) is 41.3 Å². The maximum absolute atomic E-state index is 13.3. The van der Waals surface area contributed by atoms with E-state index in [9.17, 15) is 13.2 Å². The topological polar surface area (TPSA) is 63.7 Å². The number of methoxy groups -OCH3 is 1. The Morgan fingerprint density at radius 1 is 1.20 bits per heavy atom. The van der Waals surface area contributed by atoms with Crippen molar-refractivity contribution in [2.45, 2.75) is 24.7 Å². The minimum Gasteiger partial charge on any atom is -0.495 e. The van der Waals surface area contributed by atoms with Crippen molar-refractivity contribution in [2.24, 2.45) is 0 Å². The molecule has 0 aliphatic carbocycles. The molecule has 1 aliphatic rings. The van der Waals surface area contributed by atoms with Crippen molar-refractivity contribution in [3.63, 3.8) is 0 Å². The molecule has 2 aromatic rings. The second-order valence-electron chi connectivity index (χ2n) is 5.88. The fraction of sp³-hybridized carbons (Fsp3) is 0.278. The van der Waals surface area contributed by atoms with Gasteiger partial charge in [0.05, 0.1) is 12.8 Å². The molecule has 0 N–H and O–H groups in total. The maximum atomic E-state index is 13.3. The molecule has 0 unspecified atom stereocenters. The number of nitrogens with zero attached hydrogens (tertiary/aromatic N) is 1. The van der Waals surface area contributed by atoms with Crippen LogP contribution in [-0.2, 0) is 16.4 Å². The molecule has 132 valence electrons. The third-order valence-corrected chi connectivity index (χ3v) is 6.33. The number of hydrogen-bond acceptors (Lipinski definition) is 4. The lowest BCUT2D eigenvalue weighted by atomic mass is 10.00. The van der Waals surface area contributed by atoms with Crippen LogP contribution in [-0.4, -0.2) is 27.9 Å². The summed E-state index contributed by atoms with van der Waals surface area (Å²) in [5.74, 6) is 0.130. The van der Waals surface area contributed by atoms with E-state index < -0.39 is 10.0 Å². The smallest absolute Gasteiger partial charge is 0.268 e. The number of hydrogen-bond donors (Lipinski definition) is 0. The zero-order valence-electron chi connectivity index (χ0n) is 14.0. The van der Waals surface area contributed by atoms with E-state index in [1.54, 1.807) is 18.2 Å². The monoisotopic (exact) mass is 379 g/mol. The summed E-state index contributed by atoms with van der Waals surface area (Å²) in [6, 6.07) is 9.70. The lowest BCUT2D eigenvalue weighted by molar-refractivity contribution is 0.101. The molecule has 0 saturated heterocycles. The molecule has 0 amide bonds. The molecule has 7 heteroatoms. The minimum atomic E-state index is -3.87. The number of Topliss-reactive ketones (excluding diaryl/α,β-unsaturated/α-hetero) is 1. The van der Waals surface area contributed by atoms with Crippen LogP contribution in [0.25, 0.3) is 0 Å². The molecule has 3 rings (SSSR count). The number of halogens is 1. The number of carbonyl (C=O) groups excluding carboxylic acids is 1. The van der Waals surface area contributed by atoms with Crippen LogP contribution in [0, 0.1) is 0 Å². The highest BCUT2D eigenvalue weighted by Crippen LogP contribution is 2.36. The molecular weight excluding hydrogens is 362 g/mol. The minimum absolute atomic E-state index is 0.0172. The van der Waals surface area contributed by atoms with E-state index >= 15 is 0 Å². The second-order valence-corrected chi connectivity index (χ2v) is 8.14. The highest BCUT2D eigenvalue weighted by molar-refractivity contribution is 7.93. The van der Waals surface area contributed by atoms with E-state index in [0.717, 1.165) is 12.0 Å². The molecule has 0 aromatic heterocycles. The van der Waals surface area contributed by atoms with Crippen LogP contribution in [0.2, 0.25) is 5.02 Å². The number of anilines is 1. The molecule has 1 heterocycles. The predicted octanol–water partition coefficient (Wildman–Crippen LogP) is 3.69. The fourth-order valence-corrected chi connectivity index (χ4v) is 4.93. The van der Waals surface area contributed by atoms with E-state index in [1.807, 2.05) is 6.07 Å². The van der Waals surface area contributed by atoms with Crippen molar-refractivity contribution in [2.75, 3.05) is 18.0 Å². The van der Waals surface area contributed by atoms with Gasteiger partial charge in [0.1, 0.15) is 10.6 Å². The Bertz CT molecular complexity index is 940. The Hall–Kier alpha value is -2.05. The van der Waals surface area contributed by atoms with Gasteiger partial charge in [-0.3, -0.25) is 9.10 Å². The number of benzene rings is 2. The fourth-order valence-electron chi connectivity index (χ4n) is 2.98. The SMILES string of the molecule is COc1ccc(Cl)cc1S(=O)(=O)N1CCCc2ccc(C(C)=O)cc21. The molecule has 0 bridgehead atoms. The van der Waals surface area contributed by atoms with Gasteiger partial charge >= 0.3 is 0 Å². The van der Waals surface area contributed by atoms with Gasteiger partial charge in [0.2, 0.25) is 0 Å². The van der Waals surface area contributed by atoms with Gasteiger partial charge in [0, 0.05) is 17.1 Å². The van der Waals surface area contributed by atoms with Crippen molar-refractivity contribution < 1.29 is 17.9 Å². The van der Waals surface area contributed by atoms with Crippen molar-refractivity contribution in [1.82, 2.24) is 0 Å². The van der Waals surface area contributed by atoms with Gasteiger partial charge < -0.3 is 4.74 Å². The van der Waals surface area contributed by atoms with Crippen LogP contribution >= 0.6 is 11.6 Å². The number of sulfonamides is 1. The molecule has 0 spiro atoms. The summed E-state index contributed by atoms with van der Waals surface area (Å²) in [7, 11) is -2.45. The van der Waals surface area contributed by atoms with Crippen LogP contribution in [0.1, 0.15) is 29.3 Å². The normalized spacial score (nSPS) is 14.1. The zero-order chi connectivity index (χ0) is 18.2. The van der Waals surface area contributed by atoms with E-state index in [0.29, 0.717) is 29.2 Å². The Kier molecular flexibility index (Phi) is 4.75. The summed E-state index contributed by atoms with van der Waals surface area (Å²) in [4.78, 5) is 11.7. The van der Waals surface area contributed by atoms with E-state index in [-0.39, 0.29) is 16.4 Å². The Morgan fingerprint density at radius 2 is 1.96 bits per heavy atom. The number of carbonyl (C=O) groups is 1. The number of aryl methyl sites for hydroxylation is 1. The number of rotatable bonds is 4. The molecule has 0 fully saturated rings. The average Bonchev–Trinajstić information content (AvgIpc) is 2.60. The van der Waals surface area contributed by atoms with E-state index in [2.05, 4.69) is 0 Å². The van der Waals surface area contributed by atoms with E-state index in [1.165, 1.54) is 30.5 Å². The number of ketones is 1. The maximum Gasteiger partial charge on any atom is 0.268 e. The molecule has 25 heavy (non-hydrogen) atoms. The summed E-state index contributed by atoms with van der Waals surface area (Å²) in [6.07, 6.45) is 1.47. The van der Waals surface area contributed by atoms with Crippen molar-refractivity contribution >= 4 is 33.1 Å². The van der Waals surface area contributed by atoms with Gasteiger partial charge in [0.25, 0.3) is 10.0 Å². The molecule has 2 aromatic carbocycles. The lowest BCUT2D eigenvalue weighted by Gasteiger charge is -2.31. The first-order chi connectivity index (χ1) is 11.8. The zero-order valence-corrected chi connectivity index (χ0v) is 15.5. The standard InChI is InChI=1S/C18H18ClNO4S/c1-12(21)14-6-5-13-4-3-9-20(16(13)10-14)25(22,23)18-11-15(19)7-8-17(18)24-2/h5-8,10-11H,3-4,9H2,1-2H3. The largest absolute Gasteiger partial charge is 0.495 e. The molecule has 0 saturated carbocycles. The first-order valence-corrected chi connectivity index (χ1v) is 9.66. The van der Waals surface area contributed by atoms with Gasteiger partial charge in [-0.2, -0.15) is 0 Å². The summed E-state index contributed by atoms with van der Waals surface area (Å²) in [6.45, 7) is 1.80. The molecule has 0 atom stereocenters. The Morgan fingerprint density at radius 3 is 2.64 bits per heavy atom. The van der Waals surface area contributed by atoms with Crippen LogP contribution in [0.3, 0.4) is 0 Å². The summed E-state index contributed by atoms with van der Waals surface area (Å²) in [5.41, 5.74) is 1.93. The first kappa shape index (κ1) is 17.8. The van der Waals surface area contributed by atoms with Crippen LogP contribution in [0.5, 0.6) is 5.75 Å². The highest BCUT2D eigenvalue weighted by Gasteiger charge is 2.32. The third kappa shape index (κ3) is 3.24. The van der Waals surface area contributed by atoms with Crippen molar-refractivity contribution in [3.8, 4) is 5.75 Å². The quantitative estimate of drug-likeness (QED) is 0.760.